The molecule has 2 N–H and O–H groups in total. The number of anilines is 1. The number of nitrogens with two attached hydrogens (primary N) is 1. The molecule has 2 rings (SSSR count). The summed E-state index contributed by atoms with van der Waals surface area (Å²) in [6.07, 6.45) is 2.40. The number of thioether (sulfide) groups is 1. The fraction of sp³-hybridized carbons (Fsp3) is 0.500. The molecule has 0 radical (unpaired) electrons. The number of hydrogen-bond acceptors (Lipinski definition) is 3. The van der Waals surface area contributed by atoms with E-state index in [-0.39, 0.29) is 0 Å². The van der Waals surface area contributed by atoms with Crippen LogP contribution in [0.2, 0.25) is 0 Å². The number of ether oxygens (including phenoxy) is 1. The maximum Gasteiger partial charge on any atom is 0.0588 e. The third kappa shape index (κ3) is 2.89. The Bertz CT molecular complexity index is 334. The Morgan fingerprint density at radius 2 is 2.33 bits per heavy atom. The van der Waals surface area contributed by atoms with Gasteiger partial charge < -0.3 is 10.5 Å². The van der Waals surface area contributed by atoms with E-state index in [1.807, 2.05) is 17.8 Å². The first-order chi connectivity index (χ1) is 7.25. The van der Waals surface area contributed by atoms with Gasteiger partial charge in [0.05, 0.1) is 6.61 Å². The van der Waals surface area contributed by atoms with Crippen molar-refractivity contribution in [2.45, 2.75) is 29.9 Å². The van der Waals surface area contributed by atoms with Crippen molar-refractivity contribution in [3.63, 3.8) is 0 Å². The number of rotatable bonds is 2. The van der Waals surface area contributed by atoms with E-state index in [9.17, 15) is 0 Å². The minimum absolute atomic E-state index is 0.572. The van der Waals surface area contributed by atoms with Crippen molar-refractivity contribution >= 4 is 17.4 Å². The molecule has 0 spiro atoms. The normalized spacial score (nSPS) is 21.5. The van der Waals surface area contributed by atoms with Gasteiger partial charge in [0.1, 0.15) is 0 Å². The number of benzene rings is 1. The van der Waals surface area contributed by atoms with Crippen LogP contribution in [0, 0.1) is 6.92 Å². The van der Waals surface area contributed by atoms with Gasteiger partial charge in [-0.25, -0.2) is 0 Å². The van der Waals surface area contributed by atoms with Crippen molar-refractivity contribution < 1.29 is 4.74 Å². The largest absolute Gasteiger partial charge is 0.398 e. The molecule has 0 aliphatic carbocycles. The van der Waals surface area contributed by atoms with Crippen molar-refractivity contribution in [3.05, 3.63) is 23.8 Å². The van der Waals surface area contributed by atoms with Gasteiger partial charge >= 0.3 is 0 Å². The fourth-order valence-electron chi connectivity index (χ4n) is 1.73. The minimum Gasteiger partial charge on any atom is -0.398 e. The highest BCUT2D eigenvalue weighted by molar-refractivity contribution is 8.00. The average molecular weight is 223 g/mol. The van der Waals surface area contributed by atoms with Gasteiger partial charge in [0.2, 0.25) is 0 Å². The van der Waals surface area contributed by atoms with Crippen molar-refractivity contribution in [3.8, 4) is 0 Å². The lowest BCUT2D eigenvalue weighted by Gasteiger charge is -2.22. The third-order valence-corrected chi connectivity index (χ3v) is 3.89. The Labute approximate surface area is 95.2 Å². The van der Waals surface area contributed by atoms with E-state index in [1.54, 1.807) is 0 Å². The van der Waals surface area contributed by atoms with Crippen LogP contribution in [-0.2, 0) is 4.74 Å². The number of hydrogen-bond donors (Lipinski definition) is 1. The SMILES string of the molecule is Cc1ccc(N)c(SC2CCCOC2)c1. The summed E-state index contributed by atoms with van der Waals surface area (Å²) in [4.78, 5) is 1.20. The van der Waals surface area contributed by atoms with Gasteiger partial charge in [0.15, 0.2) is 0 Å². The van der Waals surface area contributed by atoms with Crippen LogP contribution < -0.4 is 5.73 Å². The fourth-order valence-corrected chi connectivity index (χ4v) is 2.99. The Morgan fingerprint density at radius 3 is 3.07 bits per heavy atom. The van der Waals surface area contributed by atoms with Gasteiger partial charge in [-0.15, -0.1) is 11.8 Å². The molecule has 1 atom stereocenters. The smallest absolute Gasteiger partial charge is 0.0588 e. The van der Waals surface area contributed by atoms with Crippen LogP contribution in [0.5, 0.6) is 0 Å². The van der Waals surface area contributed by atoms with Crippen molar-refractivity contribution in [2.75, 3.05) is 18.9 Å². The number of nitrogen functional groups attached to an aromatic ring is 1. The first-order valence-electron chi connectivity index (χ1n) is 5.36. The molecule has 1 fully saturated rings. The van der Waals surface area contributed by atoms with Crippen molar-refractivity contribution in [2.24, 2.45) is 0 Å². The molecule has 0 amide bonds. The highest BCUT2D eigenvalue weighted by Crippen LogP contribution is 2.32. The van der Waals surface area contributed by atoms with Crippen LogP contribution in [0.4, 0.5) is 5.69 Å². The van der Waals surface area contributed by atoms with Gasteiger partial charge in [-0.3, -0.25) is 0 Å². The molecule has 82 valence electrons. The molecule has 1 aliphatic rings. The molecule has 1 unspecified atom stereocenters. The van der Waals surface area contributed by atoms with E-state index >= 15 is 0 Å². The van der Waals surface area contributed by atoms with E-state index in [4.69, 9.17) is 10.5 Å². The molecule has 15 heavy (non-hydrogen) atoms. The molecular formula is C12H17NOS. The summed E-state index contributed by atoms with van der Waals surface area (Å²) in [6.45, 7) is 3.87. The summed E-state index contributed by atoms with van der Waals surface area (Å²) in [5.74, 6) is 0. The zero-order chi connectivity index (χ0) is 10.7. The lowest BCUT2D eigenvalue weighted by Crippen LogP contribution is -2.19. The zero-order valence-corrected chi connectivity index (χ0v) is 9.85. The summed E-state index contributed by atoms with van der Waals surface area (Å²) < 4.78 is 5.46. The minimum atomic E-state index is 0.572. The van der Waals surface area contributed by atoms with Crippen LogP contribution in [0.25, 0.3) is 0 Å². The number of aryl methyl sites for hydroxylation is 1. The summed E-state index contributed by atoms with van der Waals surface area (Å²) in [7, 11) is 0. The first-order valence-corrected chi connectivity index (χ1v) is 6.24. The molecule has 1 saturated heterocycles. The van der Waals surface area contributed by atoms with Gasteiger partial charge in [0.25, 0.3) is 0 Å². The van der Waals surface area contributed by atoms with Crippen LogP contribution >= 0.6 is 11.8 Å². The van der Waals surface area contributed by atoms with Gasteiger partial charge in [-0.1, -0.05) is 6.07 Å². The monoisotopic (exact) mass is 223 g/mol. The predicted octanol–water partition coefficient (Wildman–Crippen LogP) is 2.85. The summed E-state index contributed by atoms with van der Waals surface area (Å²) in [6, 6.07) is 6.20. The van der Waals surface area contributed by atoms with E-state index < -0.39 is 0 Å². The second-order valence-electron chi connectivity index (χ2n) is 4.00. The van der Waals surface area contributed by atoms with E-state index in [1.165, 1.54) is 23.3 Å². The maximum atomic E-state index is 5.94. The molecule has 2 nitrogen and oxygen atoms in total. The van der Waals surface area contributed by atoms with E-state index in [0.29, 0.717) is 5.25 Å². The predicted molar refractivity (Wildman–Crippen MR) is 65.3 cm³/mol. The topological polar surface area (TPSA) is 35.2 Å². The van der Waals surface area contributed by atoms with Gasteiger partial charge in [-0.05, 0) is 37.5 Å². The summed E-state index contributed by atoms with van der Waals surface area (Å²) in [5, 5.41) is 0.572. The lowest BCUT2D eigenvalue weighted by molar-refractivity contribution is 0.101. The zero-order valence-electron chi connectivity index (χ0n) is 9.03. The molecule has 3 heteroatoms. The highest BCUT2D eigenvalue weighted by Gasteiger charge is 2.16. The Hall–Kier alpha value is -0.670. The summed E-state index contributed by atoms with van der Waals surface area (Å²) >= 11 is 1.86. The maximum absolute atomic E-state index is 5.94. The molecule has 1 aromatic carbocycles. The van der Waals surface area contributed by atoms with Crippen molar-refractivity contribution in [1.29, 1.82) is 0 Å². The van der Waals surface area contributed by atoms with E-state index in [0.717, 1.165) is 18.9 Å². The molecule has 1 aromatic rings. The summed E-state index contributed by atoms with van der Waals surface area (Å²) in [5.41, 5.74) is 8.10. The molecule has 1 aliphatic heterocycles. The van der Waals surface area contributed by atoms with Crippen LogP contribution in [0.15, 0.2) is 23.1 Å². The molecule has 0 bridgehead atoms. The first kappa shape index (κ1) is 10.8. The standard InChI is InChI=1S/C12H17NOS/c1-9-4-5-11(13)12(7-9)15-10-3-2-6-14-8-10/h4-5,7,10H,2-3,6,8,13H2,1H3. The van der Waals surface area contributed by atoms with Crippen molar-refractivity contribution in [1.82, 2.24) is 0 Å². The molecular weight excluding hydrogens is 206 g/mol. The quantitative estimate of drug-likeness (QED) is 0.783. The molecule has 0 saturated carbocycles. The second kappa shape index (κ2) is 4.90. The second-order valence-corrected chi connectivity index (χ2v) is 5.34. The van der Waals surface area contributed by atoms with Crippen LogP contribution in [0.3, 0.4) is 0 Å². The van der Waals surface area contributed by atoms with E-state index in [2.05, 4.69) is 19.1 Å². The van der Waals surface area contributed by atoms with Gasteiger partial charge in [0, 0.05) is 22.4 Å². The lowest BCUT2D eigenvalue weighted by atomic mass is 10.2. The van der Waals surface area contributed by atoms with Crippen LogP contribution in [-0.4, -0.2) is 18.5 Å². The molecule has 1 heterocycles. The van der Waals surface area contributed by atoms with Crippen LogP contribution in [0.1, 0.15) is 18.4 Å². The Morgan fingerprint density at radius 1 is 1.47 bits per heavy atom. The molecule has 0 aromatic heterocycles. The Balaban J connectivity index is 2.05. The van der Waals surface area contributed by atoms with Gasteiger partial charge in [-0.2, -0.15) is 0 Å². The Kier molecular flexibility index (Phi) is 3.54. The third-order valence-electron chi connectivity index (χ3n) is 2.58. The highest BCUT2D eigenvalue weighted by atomic mass is 32.2. The average Bonchev–Trinajstić information content (AvgIpc) is 2.25.